The lowest BCUT2D eigenvalue weighted by molar-refractivity contribution is 1.36. The van der Waals surface area contributed by atoms with Crippen LogP contribution in [0.25, 0.3) is 44.2 Å². The van der Waals surface area contributed by atoms with Crippen LogP contribution in [0.5, 0.6) is 0 Å². The summed E-state index contributed by atoms with van der Waals surface area (Å²) in [6.07, 6.45) is 1.96. The molecule has 0 saturated heterocycles. The van der Waals surface area contributed by atoms with Gasteiger partial charge in [0.25, 0.3) is 0 Å². The topological polar surface area (TPSA) is 52.5 Å². The number of para-hydroxylation sites is 1. The number of aromatic amines is 1. The molecule has 0 atom stereocenters. The SMILES string of the molecule is Cc1ccc2[nH]cc(-c3nc4ccccc4c(-c4ccccc4)c3C#N)c2c1. The lowest BCUT2D eigenvalue weighted by Crippen LogP contribution is -1.96. The third-order valence-corrected chi connectivity index (χ3v) is 5.16. The van der Waals surface area contributed by atoms with Crippen molar-refractivity contribution in [3.63, 3.8) is 0 Å². The van der Waals surface area contributed by atoms with Crippen molar-refractivity contribution in [3.05, 3.63) is 90.1 Å². The zero-order chi connectivity index (χ0) is 19.1. The molecule has 0 aliphatic carbocycles. The first-order chi connectivity index (χ1) is 13.8. The van der Waals surface area contributed by atoms with Gasteiger partial charge < -0.3 is 4.98 Å². The number of pyridine rings is 1. The maximum Gasteiger partial charge on any atom is 0.102 e. The van der Waals surface area contributed by atoms with Crippen LogP contribution in [0, 0.1) is 18.3 Å². The van der Waals surface area contributed by atoms with E-state index >= 15 is 0 Å². The Morgan fingerprint density at radius 1 is 0.893 bits per heavy atom. The van der Waals surface area contributed by atoms with E-state index in [0.29, 0.717) is 5.56 Å². The van der Waals surface area contributed by atoms with Crippen molar-refractivity contribution in [1.82, 2.24) is 9.97 Å². The summed E-state index contributed by atoms with van der Waals surface area (Å²) in [6.45, 7) is 2.07. The molecular formula is C25H17N3. The molecule has 0 amide bonds. The normalized spacial score (nSPS) is 11.0. The van der Waals surface area contributed by atoms with Gasteiger partial charge in [0.15, 0.2) is 0 Å². The summed E-state index contributed by atoms with van der Waals surface area (Å²) in [5.74, 6) is 0. The molecule has 132 valence electrons. The molecule has 0 spiro atoms. The van der Waals surface area contributed by atoms with Gasteiger partial charge in [-0.3, -0.25) is 0 Å². The number of H-pyrrole nitrogens is 1. The summed E-state index contributed by atoms with van der Waals surface area (Å²) in [4.78, 5) is 8.24. The van der Waals surface area contributed by atoms with Crippen LogP contribution in [-0.4, -0.2) is 9.97 Å². The van der Waals surface area contributed by atoms with Crippen LogP contribution in [-0.2, 0) is 0 Å². The van der Waals surface area contributed by atoms with Gasteiger partial charge in [0.1, 0.15) is 6.07 Å². The molecular weight excluding hydrogens is 342 g/mol. The average Bonchev–Trinajstić information content (AvgIpc) is 3.15. The number of nitrogens with zero attached hydrogens (tertiary/aromatic N) is 2. The highest BCUT2D eigenvalue weighted by Gasteiger charge is 2.19. The van der Waals surface area contributed by atoms with E-state index in [1.165, 1.54) is 5.56 Å². The van der Waals surface area contributed by atoms with Crippen LogP contribution >= 0.6 is 0 Å². The van der Waals surface area contributed by atoms with Crippen LogP contribution < -0.4 is 0 Å². The zero-order valence-electron chi connectivity index (χ0n) is 15.4. The Morgan fingerprint density at radius 3 is 2.50 bits per heavy atom. The van der Waals surface area contributed by atoms with Crippen LogP contribution in [0.15, 0.2) is 79.0 Å². The number of nitriles is 1. The number of hydrogen-bond donors (Lipinski definition) is 1. The summed E-state index contributed by atoms with van der Waals surface area (Å²) in [5, 5.41) is 12.2. The van der Waals surface area contributed by atoms with Gasteiger partial charge in [0.05, 0.1) is 16.8 Å². The number of aromatic nitrogens is 2. The molecule has 0 saturated carbocycles. The van der Waals surface area contributed by atoms with Crippen molar-refractivity contribution >= 4 is 21.8 Å². The second-order valence-corrected chi connectivity index (χ2v) is 6.96. The quantitative estimate of drug-likeness (QED) is 0.406. The molecule has 0 aliphatic rings. The van der Waals surface area contributed by atoms with E-state index in [-0.39, 0.29) is 0 Å². The van der Waals surface area contributed by atoms with E-state index in [9.17, 15) is 5.26 Å². The van der Waals surface area contributed by atoms with E-state index in [0.717, 1.165) is 44.2 Å². The van der Waals surface area contributed by atoms with E-state index in [1.807, 2.05) is 60.8 Å². The van der Waals surface area contributed by atoms with E-state index in [2.05, 4.69) is 36.2 Å². The molecule has 0 unspecified atom stereocenters. The van der Waals surface area contributed by atoms with Gasteiger partial charge in [-0.25, -0.2) is 4.98 Å². The summed E-state index contributed by atoms with van der Waals surface area (Å²) >= 11 is 0. The van der Waals surface area contributed by atoms with Crippen molar-refractivity contribution in [1.29, 1.82) is 5.26 Å². The minimum Gasteiger partial charge on any atom is -0.360 e. The van der Waals surface area contributed by atoms with Gasteiger partial charge in [0, 0.05) is 33.6 Å². The minimum atomic E-state index is 0.604. The monoisotopic (exact) mass is 359 g/mol. The van der Waals surface area contributed by atoms with Gasteiger partial charge >= 0.3 is 0 Å². The van der Waals surface area contributed by atoms with Crippen LogP contribution in [0.4, 0.5) is 0 Å². The molecule has 28 heavy (non-hydrogen) atoms. The van der Waals surface area contributed by atoms with Crippen molar-refractivity contribution in [3.8, 4) is 28.5 Å². The molecule has 3 heteroatoms. The van der Waals surface area contributed by atoms with Gasteiger partial charge in [-0.2, -0.15) is 5.26 Å². The smallest absolute Gasteiger partial charge is 0.102 e. The fourth-order valence-corrected chi connectivity index (χ4v) is 3.85. The Labute approximate surface area is 162 Å². The highest BCUT2D eigenvalue weighted by Crippen LogP contribution is 2.38. The molecule has 1 N–H and O–H groups in total. The number of benzene rings is 3. The highest BCUT2D eigenvalue weighted by molar-refractivity contribution is 6.04. The largest absolute Gasteiger partial charge is 0.360 e. The number of nitrogens with one attached hydrogen (secondary N) is 1. The average molecular weight is 359 g/mol. The van der Waals surface area contributed by atoms with E-state index < -0.39 is 0 Å². The van der Waals surface area contributed by atoms with Crippen molar-refractivity contribution in [2.45, 2.75) is 6.92 Å². The van der Waals surface area contributed by atoms with Gasteiger partial charge in [-0.15, -0.1) is 0 Å². The second kappa shape index (κ2) is 6.37. The number of hydrogen-bond acceptors (Lipinski definition) is 2. The molecule has 5 rings (SSSR count). The van der Waals surface area contributed by atoms with E-state index in [4.69, 9.17) is 4.98 Å². The fraction of sp³-hybridized carbons (Fsp3) is 0.0400. The first-order valence-corrected chi connectivity index (χ1v) is 9.22. The maximum absolute atomic E-state index is 10.1. The first-order valence-electron chi connectivity index (χ1n) is 9.22. The van der Waals surface area contributed by atoms with Crippen LogP contribution in [0.2, 0.25) is 0 Å². The number of aryl methyl sites for hydroxylation is 1. The first kappa shape index (κ1) is 16.3. The Kier molecular flexibility index (Phi) is 3.70. The third-order valence-electron chi connectivity index (χ3n) is 5.16. The van der Waals surface area contributed by atoms with Crippen molar-refractivity contribution < 1.29 is 0 Å². The molecule has 0 aliphatic heterocycles. The third kappa shape index (κ3) is 2.47. The summed E-state index contributed by atoms with van der Waals surface area (Å²) < 4.78 is 0. The molecule has 2 heterocycles. The summed E-state index contributed by atoms with van der Waals surface area (Å²) in [5.41, 5.74) is 7.34. The zero-order valence-corrected chi connectivity index (χ0v) is 15.4. The molecule has 2 aromatic heterocycles. The van der Waals surface area contributed by atoms with Crippen molar-refractivity contribution in [2.75, 3.05) is 0 Å². The minimum absolute atomic E-state index is 0.604. The summed E-state index contributed by atoms with van der Waals surface area (Å²) in [7, 11) is 0. The number of fused-ring (bicyclic) bond motifs is 2. The molecule has 5 aromatic rings. The predicted molar refractivity (Wildman–Crippen MR) is 114 cm³/mol. The molecule has 0 bridgehead atoms. The Hall–Kier alpha value is -3.90. The van der Waals surface area contributed by atoms with Gasteiger partial charge in [0.2, 0.25) is 0 Å². The molecule has 3 aromatic carbocycles. The summed E-state index contributed by atoms with van der Waals surface area (Å²) in [6, 6.07) is 26.8. The maximum atomic E-state index is 10.1. The number of rotatable bonds is 2. The highest BCUT2D eigenvalue weighted by atomic mass is 14.7. The molecule has 0 fully saturated rings. The Bertz CT molecular complexity index is 1370. The van der Waals surface area contributed by atoms with E-state index in [1.54, 1.807) is 0 Å². The van der Waals surface area contributed by atoms with Crippen molar-refractivity contribution in [2.24, 2.45) is 0 Å². The fourth-order valence-electron chi connectivity index (χ4n) is 3.85. The lowest BCUT2D eigenvalue weighted by atomic mass is 9.92. The Morgan fingerprint density at radius 2 is 1.68 bits per heavy atom. The second-order valence-electron chi connectivity index (χ2n) is 6.96. The van der Waals surface area contributed by atoms with Crippen LogP contribution in [0.3, 0.4) is 0 Å². The molecule has 0 radical (unpaired) electrons. The predicted octanol–water partition coefficient (Wildman–Crippen LogP) is 6.23. The molecule has 3 nitrogen and oxygen atoms in total. The lowest BCUT2D eigenvalue weighted by Gasteiger charge is -2.13. The van der Waals surface area contributed by atoms with Gasteiger partial charge in [-0.05, 0) is 30.7 Å². The Balaban J connectivity index is 1.93. The van der Waals surface area contributed by atoms with Gasteiger partial charge in [-0.1, -0.05) is 60.2 Å². The standard InChI is InChI=1S/C25H17N3/c1-16-11-12-22-19(13-16)21(15-27-22)25-20(14-26)24(17-7-3-2-4-8-17)18-9-5-6-10-23(18)28-25/h2-13,15,27H,1H3. The van der Waals surface area contributed by atoms with Crippen LogP contribution in [0.1, 0.15) is 11.1 Å².